The zero-order chi connectivity index (χ0) is 17.9. The van der Waals surface area contributed by atoms with Crippen LogP contribution in [0.25, 0.3) is 10.2 Å². The van der Waals surface area contributed by atoms with Gasteiger partial charge >= 0.3 is 0 Å². The largest absolute Gasteiger partial charge is 0.339 e. The minimum atomic E-state index is 0.335. The molecule has 0 unspecified atom stereocenters. The number of carbonyl (C=O) groups is 1. The van der Waals surface area contributed by atoms with Gasteiger partial charge in [0.2, 0.25) is 5.91 Å². The van der Waals surface area contributed by atoms with Crippen LogP contribution in [0, 0.1) is 0 Å². The van der Waals surface area contributed by atoms with E-state index >= 15 is 0 Å². The number of rotatable bonds is 4. The second kappa shape index (κ2) is 8.05. The lowest BCUT2D eigenvalue weighted by molar-refractivity contribution is -0.136. The molecular formula is C21H29N3OS. The van der Waals surface area contributed by atoms with Gasteiger partial charge in [0.25, 0.3) is 0 Å². The summed E-state index contributed by atoms with van der Waals surface area (Å²) >= 11 is 1.82. The van der Waals surface area contributed by atoms with Gasteiger partial charge in [0, 0.05) is 25.0 Å². The smallest absolute Gasteiger partial charge is 0.236 e. The maximum atomic E-state index is 12.9. The normalized spacial score (nSPS) is 24.9. The number of thiazole rings is 1. The Morgan fingerprint density at radius 2 is 2.08 bits per heavy atom. The molecule has 1 aromatic heterocycles. The Labute approximate surface area is 160 Å². The molecule has 2 aromatic rings. The molecule has 4 rings (SSSR count). The topological polar surface area (TPSA) is 36.4 Å². The van der Waals surface area contributed by atoms with Crippen LogP contribution in [0.3, 0.4) is 0 Å². The summed E-state index contributed by atoms with van der Waals surface area (Å²) in [6, 6.07) is 8.85. The molecule has 4 nitrogen and oxygen atoms in total. The average molecular weight is 372 g/mol. The number of nitrogens with zero attached hydrogens (tertiary/aromatic N) is 3. The van der Waals surface area contributed by atoms with Gasteiger partial charge in [-0.05, 0) is 57.2 Å². The number of fused-ring (bicyclic) bond motifs is 1. The zero-order valence-corrected chi connectivity index (χ0v) is 16.5. The second-order valence-electron chi connectivity index (χ2n) is 7.74. The first-order valence-corrected chi connectivity index (χ1v) is 10.9. The van der Waals surface area contributed by atoms with E-state index in [0.29, 0.717) is 24.4 Å². The number of aromatic nitrogens is 1. The van der Waals surface area contributed by atoms with Gasteiger partial charge in [-0.1, -0.05) is 19.1 Å². The molecule has 0 aliphatic carbocycles. The van der Waals surface area contributed by atoms with E-state index in [0.717, 1.165) is 44.4 Å². The number of carbonyl (C=O) groups excluding carboxylic acids is 1. The summed E-state index contributed by atoms with van der Waals surface area (Å²) in [5.74, 6) is 0.804. The molecule has 2 aliphatic heterocycles. The number of para-hydroxylation sites is 1. The quantitative estimate of drug-likeness (QED) is 0.805. The number of benzene rings is 1. The lowest BCUT2D eigenvalue weighted by atomic mass is 9.98. The molecule has 0 bridgehead atoms. The Morgan fingerprint density at radius 1 is 1.19 bits per heavy atom. The maximum Gasteiger partial charge on any atom is 0.236 e. The van der Waals surface area contributed by atoms with Crippen LogP contribution in [-0.4, -0.2) is 52.9 Å². The predicted octanol–water partition coefficient (Wildman–Crippen LogP) is 4.27. The van der Waals surface area contributed by atoms with Gasteiger partial charge in [-0.3, -0.25) is 9.69 Å². The highest BCUT2D eigenvalue weighted by Crippen LogP contribution is 2.33. The van der Waals surface area contributed by atoms with E-state index in [-0.39, 0.29) is 0 Å². The van der Waals surface area contributed by atoms with Gasteiger partial charge in [0.15, 0.2) is 0 Å². The van der Waals surface area contributed by atoms with Gasteiger partial charge in [-0.15, -0.1) is 11.3 Å². The van der Waals surface area contributed by atoms with Crippen molar-refractivity contribution in [2.45, 2.75) is 57.4 Å². The van der Waals surface area contributed by atoms with Crippen LogP contribution in [0.4, 0.5) is 0 Å². The van der Waals surface area contributed by atoms with E-state index in [4.69, 9.17) is 4.98 Å². The number of hydrogen-bond acceptors (Lipinski definition) is 4. The molecule has 140 valence electrons. The Bertz CT molecular complexity index is 726. The second-order valence-corrected chi connectivity index (χ2v) is 8.80. The van der Waals surface area contributed by atoms with E-state index in [1.807, 2.05) is 11.3 Å². The van der Waals surface area contributed by atoms with Gasteiger partial charge in [0.1, 0.15) is 0 Å². The Morgan fingerprint density at radius 3 is 2.92 bits per heavy atom. The first-order chi connectivity index (χ1) is 12.7. The van der Waals surface area contributed by atoms with Crippen molar-refractivity contribution in [2.75, 3.05) is 26.2 Å². The number of amides is 1. The van der Waals surface area contributed by atoms with Crippen LogP contribution in [-0.2, 0) is 4.79 Å². The number of hydrogen-bond donors (Lipinski definition) is 0. The van der Waals surface area contributed by atoms with Crippen molar-refractivity contribution in [3.05, 3.63) is 29.3 Å². The van der Waals surface area contributed by atoms with Crippen LogP contribution in [0.1, 0.15) is 56.4 Å². The third kappa shape index (κ3) is 3.79. The highest BCUT2D eigenvalue weighted by atomic mass is 32.1. The first kappa shape index (κ1) is 17.9. The molecule has 2 atom stereocenters. The van der Waals surface area contributed by atoms with E-state index < -0.39 is 0 Å². The fourth-order valence-corrected chi connectivity index (χ4v) is 5.59. The highest BCUT2D eigenvalue weighted by molar-refractivity contribution is 7.18. The summed E-state index contributed by atoms with van der Waals surface area (Å²) in [6.07, 6.45) is 7.04. The fraction of sp³-hybridized carbons (Fsp3) is 0.619. The molecule has 26 heavy (non-hydrogen) atoms. The molecular weight excluding hydrogens is 342 g/mol. The molecule has 5 heteroatoms. The summed E-state index contributed by atoms with van der Waals surface area (Å²) in [5.41, 5.74) is 1.11. The van der Waals surface area contributed by atoms with E-state index in [9.17, 15) is 4.79 Å². The maximum absolute atomic E-state index is 12.9. The monoisotopic (exact) mass is 371 g/mol. The minimum absolute atomic E-state index is 0.335. The van der Waals surface area contributed by atoms with Crippen molar-refractivity contribution in [1.29, 1.82) is 0 Å². The lowest BCUT2D eigenvalue weighted by Gasteiger charge is -2.38. The molecule has 3 heterocycles. The van der Waals surface area contributed by atoms with Gasteiger partial charge in [0.05, 0.1) is 21.8 Å². The van der Waals surface area contributed by atoms with Crippen LogP contribution in [0.15, 0.2) is 24.3 Å². The highest BCUT2D eigenvalue weighted by Gasteiger charge is 2.29. The molecule has 0 radical (unpaired) electrons. The van der Waals surface area contributed by atoms with Crippen molar-refractivity contribution in [3.63, 3.8) is 0 Å². The van der Waals surface area contributed by atoms with Crippen molar-refractivity contribution in [3.8, 4) is 0 Å². The standard InChI is InChI=1S/C21H29N3OS/c1-2-17-9-5-6-13-24(17)20(25)15-23-12-7-8-16(14-23)21-22-18-10-3-4-11-19(18)26-21/h3-4,10-11,16-17H,2,5-9,12-15H2,1H3/t16-,17-/m0/s1. The Kier molecular flexibility index (Phi) is 5.55. The number of piperidine rings is 2. The van der Waals surface area contributed by atoms with Gasteiger partial charge in [-0.25, -0.2) is 4.98 Å². The van der Waals surface area contributed by atoms with Crippen molar-refractivity contribution >= 4 is 27.5 Å². The molecule has 0 saturated carbocycles. The van der Waals surface area contributed by atoms with Crippen LogP contribution < -0.4 is 0 Å². The Balaban J connectivity index is 1.41. The summed E-state index contributed by atoms with van der Waals surface area (Å²) in [5, 5.41) is 1.24. The molecule has 2 saturated heterocycles. The fourth-order valence-electron chi connectivity index (χ4n) is 4.50. The van der Waals surface area contributed by atoms with Crippen LogP contribution in [0.2, 0.25) is 0 Å². The number of likely N-dealkylation sites (tertiary alicyclic amines) is 2. The predicted molar refractivity (Wildman–Crippen MR) is 108 cm³/mol. The van der Waals surface area contributed by atoms with Crippen molar-refractivity contribution < 1.29 is 4.79 Å². The van der Waals surface area contributed by atoms with E-state index in [1.54, 1.807) is 0 Å². The average Bonchev–Trinajstić information content (AvgIpc) is 3.12. The van der Waals surface area contributed by atoms with Crippen molar-refractivity contribution in [1.82, 2.24) is 14.8 Å². The third-order valence-corrected chi connectivity index (χ3v) is 7.14. The van der Waals surface area contributed by atoms with E-state index in [2.05, 4.69) is 41.0 Å². The third-order valence-electron chi connectivity index (χ3n) is 5.94. The molecule has 2 aliphatic rings. The molecule has 1 amide bonds. The molecule has 0 N–H and O–H groups in total. The zero-order valence-electron chi connectivity index (χ0n) is 15.7. The SMILES string of the molecule is CC[C@H]1CCCCN1C(=O)CN1CCC[C@H](c2nc3ccccc3s2)C1. The first-order valence-electron chi connectivity index (χ1n) is 10.1. The molecule has 1 aromatic carbocycles. The summed E-state index contributed by atoms with van der Waals surface area (Å²) in [7, 11) is 0. The summed E-state index contributed by atoms with van der Waals surface area (Å²) in [6.45, 7) is 5.75. The summed E-state index contributed by atoms with van der Waals surface area (Å²) in [4.78, 5) is 22.3. The van der Waals surface area contributed by atoms with Gasteiger partial charge < -0.3 is 4.90 Å². The summed E-state index contributed by atoms with van der Waals surface area (Å²) < 4.78 is 1.27. The van der Waals surface area contributed by atoms with Gasteiger partial charge in [-0.2, -0.15) is 0 Å². The van der Waals surface area contributed by atoms with Crippen molar-refractivity contribution in [2.24, 2.45) is 0 Å². The van der Waals surface area contributed by atoms with E-state index in [1.165, 1.54) is 29.0 Å². The molecule has 0 spiro atoms. The van der Waals surface area contributed by atoms with Crippen LogP contribution >= 0.6 is 11.3 Å². The Hall–Kier alpha value is -1.46. The lowest BCUT2D eigenvalue weighted by Crippen LogP contribution is -2.49. The molecule has 2 fully saturated rings. The minimum Gasteiger partial charge on any atom is -0.339 e. The van der Waals surface area contributed by atoms with Crippen LogP contribution in [0.5, 0.6) is 0 Å².